The first-order chi connectivity index (χ1) is 29.3. The SMILES string of the molecule is CCCCCCCCC(CCCCCC)CC(=O)OCC(COC(=O)CC(CCCCCC)CCCCCCCC)C(CCC)CCCOC(C)(O)C(O)(O)C(O)(O)C(O)(O)O. The topological polar surface area (TPSA) is 224 Å². The maximum absolute atomic E-state index is 13.5. The maximum atomic E-state index is 13.5. The number of unbranched alkanes of at least 4 members (excludes halogenated alkanes) is 16. The fraction of sp³-hybridized carbons (Fsp3) is 0.959. The van der Waals surface area contributed by atoms with E-state index >= 15 is 0 Å². The second-order valence-corrected chi connectivity index (χ2v) is 18.6. The summed E-state index contributed by atoms with van der Waals surface area (Å²) < 4.78 is 17.2. The number of hydrogen-bond donors (Lipinski definition) is 8. The predicted octanol–water partition coefficient (Wildman–Crippen LogP) is 9.06. The molecule has 8 N–H and O–H groups in total. The average molecular weight is 893 g/mol. The fourth-order valence-corrected chi connectivity index (χ4v) is 8.41. The van der Waals surface area contributed by atoms with Crippen molar-refractivity contribution in [2.45, 2.75) is 258 Å². The highest BCUT2D eigenvalue weighted by Crippen LogP contribution is 2.36. The van der Waals surface area contributed by atoms with Crippen LogP contribution in [-0.4, -0.2) is 95.9 Å². The van der Waals surface area contributed by atoms with E-state index in [1.165, 1.54) is 64.2 Å². The Morgan fingerprint density at radius 2 is 0.774 bits per heavy atom. The molecular weight excluding hydrogens is 797 g/mol. The van der Waals surface area contributed by atoms with Crippen LogP contribution in [0.25, 0.3) is 0 Å². The molecule has 0 aromatic rings. The molecule has 0 fully saturated rings. The van der Waals surface area contributed by atoms with Crippen LogP contribution in [0.5, 0.6) is 0 Å². The van der Waals surface area contributed by atoms with Crippen LogP contribution >= 0.6 is 0 Å². The second-order valence-electron chi connectivity index (χ2n) is 18.6. The van der Waals surface area contributed by atoms with Crippen molar-refractivity contribution in [3.8, 4) is 0 Å². The van der Waals surface area contributed by atoms with E-state index in [0.717, 1.165) is 96.3 Å². The van der Waals surface area contributed by atoms with Gasteiger partial charge in [0.15, 0.2) is 0 Å². The van der Waals surface area contributed by atoms with E-state index in [9.17, 15) is 50.4 Å². The normalized spacial score (nSPS) is 15.5. The second kappa shape index (κ2) is 34.9. The minimum absolute atomic E-state index is 0.0483. The van der Waals surface area contributed by atoms with Crippen molar-refractivity contribution in [2.75, 3.05) is 19.8 Å². The Morgan fingerprint density at radius 1 is 0.419 bits per heavy atom. The zero-order valence-electron chi connectivity index (χ0n) is 40.3. The van der Waals surface area contributed by atoms with Gasteiger partial charge in [-0.1, -0.05) is 176 Å². The molecule has 62 heavy (non-hydrogen) atoms. The van der Waals surface area contributed by atoms with Crippen LogP contribution in [0.4, 0.5) is 0 Å². The first kappa shape index (κ1) is 60.6. The van der Waals surface area contributed by atoms with Crippen LogP contribution in [-0.2, 0) is 23.8 Å². The molecule has 0 rings (SSSR count). The highest BCUT2D eigenvalue weighted by molar-refractivity contribution is 5.70. The molecule has 370 valence electrons. The van der Waals surface area contributed by atoms with E-state index in [4.69, 9.17) is 14.2 Å². The molecule has 0 aliphatic heterocycles. The summed E-state index contributed by atoms with van der Waals surface area (Å²) >= 11 is 0. The predicted molar refractivity (Wildman–Crippen MR) is 243 cm³/mol. The van der Waals surface area contributed by atoms with Crippen LogP contribution in [0.15, 0.2) is 0 Å². The molecule has 13 nitrogen and oxygen atoms in total. The van der Waals surface area contributed by atoms with Gasteiger partial charge in [-0.05, 0) is 63.2 Å². The number of rotatable bonds is 43. The molecule has 4 unspecified atom stereocenters. The molecule has 0 aliphatic rings. The van der Waals surface area contributed by atoms with Gasteiger partial charge in [-0.2, -0.15) is 0 Å². The molecule has 0 radical (unpaired) electrons. The van der Waals surface area contributed by atoms with Gasteiger partial charge >= 0.3 is 23.7 Å². The number of ether oxygens (including phenoxy) is 3. The minimum Gasteiger partial charge on any atom is -0.465 e. The van der Waals surface area contributed by atoms with Crippen LogP contribution in [0.1, 0.15) is 234 Å². The van der Waals surface area contributed by atoms with E-state index in [-0.39, 0.29) is 61.9 Å². The molecule has 0 heterocycles. The van der Waals surface area contributed by atoms with Crippen molar-refractivity contribution >= 4 is 11.9 Å². The monoisotopic (exact) mass is 893 g/mol. The molecule has 13 heteroatoms. The van der Waals surface area contributed by atoms with E-state index in [1.807, 2.05) is 6.92 Å². The van der Waals surface area contributed by atoms with Crippen LogP contribution in [0.2, 0.25) is 0 Å². The maximum Gasteiger partial charge on any atom is 0.338 e. The Morgan fingerprint density at radius 3 is 1.13 bits per heavy atom. The van der Waals surface area contributed by atoms with E-state index < -0.39 is 23.3 Å². The summed E-state index contributed by atoms with van der Waals surface area (Å²) in [4.78, 5) is 27.0. The summed E-state index contributed by atoms with van der Waals surface area (Å²) in [7, 11) is 0. The molecule has 0 saturated carbocycles. The van der Waals surface area contributed by atoms with Crippen molar-refractivity contribution in [3.63, 3.8) is 0 Å². The van der Waals surface area contributed by atoms with Gasteiger partial charge in [0.25, 0.3) is 5.79 Å². The molecule has 0 aliphatic carbocycles. The molecule has 0 bridgehead atoms. The third-order valence-electron chi connectivity index (χ3n) is 12.7. The van der Waals surface area contributed by atoms with Gasteiger partial charge < -0.3 is 55.1 Å². The molecule has 0 spiro atoms. The summed E-state index contributed by atoms with van der Waals surface area (Å²) in [5.74, 6) is -16.7. The van der Waals surface area contributed by atoms with Gasteiger partial charge in [-0.15, -0.1) is 0 Å². The van der Waals surface area contributed by atoms with Crippen molar-refractivity contribution in [3.05, 3.63) is 0 Å². The lowest BCUT2D eigenvalue weighted by molar-refractivity contribution is -0.544. The molecule has 4 atom stereocenters. The number of aliphatic hydroxyl groups is 8. The highest BCUT2D eigenvalue weighted by atomic mass is 16.8. The van der Waals surface area contributed by atoms with E-state index in [1.54, 1.807) is 0 Å². The molecule has 0 saturated heterocycles. The summed E-state index contributed by atoms with van der Waals surface area (Å²) in [6.07, 6.45) is 30.0. The number of carbonyl (C=O) groups excluding carboxylic acids is 2. The Bertz CT molecular complexity index is 1040. The van der Waals surface area contributed by atoms with Crippen molar-refractivity contribution in [1.82, 2.24) is 0 Å². The van der Waals surface area contributed by atoms with Crippen molar-refractivity contribution < 1.29 is 64.7 Å². The molecular formula is C49H96O13. The average Bonchev–Trinajstić information content (AvgIpc) is 3.21. The Kier molecular flexibility index (Phi) is 34.1. The number of esters is 2. The van der Waals surface area contributed by atoms with Crippen LogP contribution < -0.4 is 0 Å². The summed E-state index contributed by atoms with van der Waals surface area (Å²) in [5.41, 5.74) is 0. The van der Waals surface area contributed by atoms with Crippen molar-refractivity contribution in [2.24, 2.45) is 23.7 Å². The van der Waals surface area contributed by atoms with E-state index in [2.05, 4.69) is 27.7 Å². The number of hydrogen-bond acceptors (Lipinski definition) is 13. The molecule has 0 aromatic heterocycles. The Hall–Kier alpha value is -1.42. The lowest BCUT2D eigenvalue weighted by atomic mass is 9.85. The van der Waals surface area contributed by atoms with Gasteiger partial charge in [-0.3, -0.25) is 9.59 Å². The summed E-state index contributed by atoms with van der Waals surface area (Å²) in [6.45, 7) is 11.2. The summed E-state index contributed by atoms with van der Waals surface area (Å²) in [5, 5.41) is 78.9. The van der Waals surface area contributed by atoms with E-state index in [0.29, 0.717) is 32.6 Å². The Balaban J connectivity index is 6.00. The van der Waals surface area contributed by atoms with Gasteiger partial charge in [0.05, 0.1) is 19.8 Å². The zero-order valence-corrected chi connectivity index (χ0v) is 40.3. The van der Waals surface area contributed by atoms with Crippen LogP contribution in [0, 0.1) is 23.7 Å². The van der Waals surface area contributed by atoms with Gasteiger partial charge in [0, 0.05) is 18.8 Å². The van der Waals surface area contributed by atoms with Gasteiger partial charge in [0.1, 0.15) is 0 Å². The Labute approximate surface area is 376 Å². The third-order valence-corrected chi connectivity index (χ3v) is 12.7. The number of carbonyl (C=O) groups is 2. The first-order valence-corrected chi connectivity index (χ1v) is 25.1. The third kappa shape index (κ3) is 25.9. The quantitative estimate of drug-likeness (QED) is 0.0163. The van der Waals surface area contributed by atoms with Gasteiger partial charge in [0.2, 0.25) is 5.79 Å². The molecule has 0 amide bonds. The fourth-order valence-electron chi connectivity index (χ4n) is 8.41. The summed E-state index contributed by atoms with van der Waals surface area (Å²) in [6, 6.07) is 0. The lowest BCUT2D eigenvalue weighted by Gasteiger charge is -2.45. The largest absolute Gasteiger partial charge is 0.465 e. The highest BCUT2D eigenvalue weighted by Gasteiger charge is 2.69. The van der Waals surface area contributed by atoms with Crippen LogP contribution in [0.3, 0.4) is 0 Å². The standard InChI is InChI=1S/C49H96O13/c1-7-12-16-20-22-26-32-40(30-24-18-14-9-3)36-44(50)60-38-43(39-61-45(51)37-41(31-25-19-15-10-4)33-27-23-21-17-13-8-2)42(29-11-5)34-28-35-62-46(6,52)47(53,54)48(55,56)49(57,58)59/h40-43,52-59H,7-39H2,1-6H3. The smallest absolute Gasteiger partial charge is 0.338 e. The lowest BCUT2D eigenvalue weighted by Crippen LogP contribution is -2.76. The minimum atomic E-state index is -4.43. The zero-order chi connectivity index (χ0) is 46.9. The van der Waals surface area contributed by atoms with Crippen molar-refractivity contribution in [1.29, 1.82) is 0 Å². The molecule has 0 aromatic carbocycles. The first-order valence-electron chi connectivity index (χ1n) is 25.1. The van der Waals surface area contributed by atoms with Gasteiger partial charge in [-0.25, -0.2) is 0 Å².